The highest BCUT2D eigenvalue weighted by molar-refractivity contribution is 5.80. The van der Waals surface area contributed by atoms with Crippen LogP contribution in [0.25, 0.3) is 0 Å². The molecule has 0 atom stereocenters. The summed E-state index contributed by atoms with van der Waals surface area (Å²) in [6, 6.07) is 0. The van der Waals surface area contributed by atoms with Crippen molar-refractivity contribution in [1.29, 1.82) is 0 Å². The molecule has 2 aliphatic rings. The van der Waals surface area contributed by atoms with Crippen LogP contribution in [0, 0.1) is 5.41 Å². The Morgan fingerprint density at radius 2 is 2.04 bits per heavy atom. The fourth-order valence-electron chi connectivity index (χ4n) is 3.30. The van der Waals surface area contributed by atoms with Gasteiger partial charge in [-0.05, 0) is 45.4 Å². The minimum absolute atomic E-state index is 0.288. The SMILES string of the molecule is CN=C(NCCN(C)C(=O)OC(C)(C)C)N1CCC2(CCC2)C1. The molecule has 1 saturated carbocycles. The van der Waals surface area contributed by atoms with Crippen LogP contribution in [0.4, 0.5) is 4.79 Å². The predicted octanol–water partition coefficient (Wildman–Crippen LogP) is 2.30. The molecule has 1 heterocycles. The van der Waals surface area contributed by atoms with Crippen LogP contribution in [0.1, 0.15) is 46.5 Å². The van der Waals surface area contributed by atoms with Gasteiger partial charge in [0.05, 0.1) is 0 Å². The van der Waals surface area contributed by atoms with Gasteiger partial charge >= 0.3 is 6.09 Å². The first-order valence-electron chi connectivity index (χ1n) is 8.64. The molecule has 0 aromatic heterocycles. The molecule has 1 aliphatic heterocycles. The number of carbonyl (C=O) groups excluding carboxylic acids is 1. The third-order valence-electron chi connectivity index (χ3n) is 4.80. The summed E-state index contributed by atoms with van der Waals surface area (Å²) in [6.45, 7) is 9.10. The first-order valence-corrected chi connectivity index (χ1v) is 8.64. The van der Waals surface area contributed by atoms with Crippen molar-refractivity contribution in [2.24, 2.45) is 10.4 Å². The zero-order chi connectivity index (χ0) is 17.1. The number of nitrogens with zero attached hydrogens (tertiary/aromatic N) is 3. The summed E-state index contributed by atoms with van der Waals surface area (Å²) in [5, 5.41) is 3.37. The Balaban J connectivity index is 1.73. The summed E-state index contributed by atoms with van der Waals surface area (Å²) in [6.07, 6.45) is 5.10. The maximum absolute atomic E-state index is 11.9. The topological polar surface area (TPSA) is 57.2 Å². The maximum atomic E-state index is 11.9. The predicted molar refractivity (Wildman–Crippen MR) is 92.7 cm³/mol. The number of rotatable bonds is 3. The van der Waals surface area contributed by atoms with E-state index in [2.05, 4.69) is 15.2 Å². The summed E-state index contributed by atoms with van der Waals surface area (Å²) < 4.78 is 5.35. The lowest BCUT2D eigenvalue weighted by molar-refractivity contribution is 0.0302. The van der Waals surface area contributed by atoms with E-state index >= 15 is 0 Å². The number of aliphatic imine (C=N–C) groups is 1. The monoisotopic (exact) mass is 324 g/mol. The molecule has 1 amide bonds. The molecule has 1 spiro atoms. The second-order valence-corrected chi connectivity index (χ2v) is 7.90. The molecule has 2 rings (SSSR count). The standard InChI is InChI=1S/C17H32N4O2/c1-16(2,3)23-15(22)20(5)12-10-19-14(18-4)21-11-9-17(13-21)7-6-8-17/h6-13H2,1-5H3,(H,18,19). The lowest BCUT2D eigenvalue weighted by Gasteiger charge is -2.38. The Hall–Kier alpha value is -1.46. The van der Waals surface area contributed by atoms with Crippen LogP contribution in [-0.4, -0.2) is 67.7 Å². The molecule has 0 bridgehead atoms. The van der Waals surface area contributed by atoms with E-state index in [1.54, 1.807) is 11.9 Å². The molecule has 132 valence electrons. The van der Waals surface area contributed by atoms with Crippen LogP contribution in [-0.2, 0) is 4.74 Å². The molecule has 6 nitrogen and oxygen atoms in total. The fourth-order valence-corrected chi connectivity index (χ4v) is 3.30. The number of amides is 1. The van der Waals surface area contributed by atoms with E-state index in [-0.39, 0.29) is 6.09 Å². The van der Waals surface area contributed by atoms with E-state index in [1.807, 2.05) is 27.8 Å². The average molecular weight is 324 g/mol. The minimum Gasteiger partial charge on any atom is -0.444 e. The number of hydrogen-bond donors (Lipinski definition) is 1. The zero-order valence-electron chi connectivity index (χ0n) is 15.3. The van der Waals surface area contributed by atoms with Crippen molar-refractivity contribution in [1.82, 2.24) is 15.1 Å². The molecule has 0 unspecified atom stereocenters. The highest BCUT2D eigenvalue weighted by atomic mass is 16.6. The minimum atomic E-state index is -0.457. The largest absolute Gasteiger partial charge is 0.444 e. The lowest BCUT2D eigenvalue weighted by Crippen LogP contribution is -2.45. The van der Waals surface area contributed by atoms with Crippen molar-refractivity contribution in [3.8, 4) is 0 Å². The first kappa shape index (κ1) is 17.9. The maximum Gasteiger partial charge on any atom is 0.410 e. The van der Waals surface area contributed by atoms with Crippen LogP contribution in [0.2, 0.25) is 0 Å². The molecule has 0 radical (unpaired) electrons. The van der Waals surface area contributed by atoms with E-state index in [0.29, 0.717) is 18.5 Å². The van der Waals surface area contributed by atoms with Gasteiger partial charge in [0.2, 0.25) is 0 Å². The average Bonchev–Trinajstić information content (AvgIpc) is 2.86. The third-order valence-corrected chi connectivity index (χ3v) is 4.80. The number of guanidine groups is 1. The first-order chi connectivity index (χ1) is 10.7. The normalized spacial score (nSPS) is 20.4. The van der Waals surface area contributed by atoms with Crippen molar-refractivity contribution < 1.29 is 9.53 Å². The molecular formula is C17H32N4O2. The van der Waals surface area contributed by atoms with Crippen molar-refractivity contribution >= 4 is 12.1 Å². The smallest absolute Gasteiger partial charge is 0.410 e. The molecule has 1 saturated heterocycles. The molecule has 1 aliphatic carbocycles. The lowest BCUT2D eigenvalue weighted by atomic mass is 9.68. The number of nitrogens with one attached hydrogen (secondary N) is 1. The molecule has 23 heavy (non-hydrogen) atoms. The van der Waals surface area contributed by atoms with E-state index in [1.165, 1.54) is 25.7 Å². The van der Waals surface area contributed by atoms with Crippen LogP contribution in [0.5, 0.6) is 0 Å². The van der Waals surface area contributed by atoms with E-state index in [9.17, 15) is 4.79 Å². The highest BCUT2D eigenvalue weighted by Crippen LogP contribution is 2.47. The molecular weight excluding hydrogens is 292 g/mol. The van der Waals surface area contributed by atoms with Gasteiger partial charge in [-0.1, -0.05) is 6.42 Å². The van der Waals surface area contributed by atoms with Gasteiger partial charge < -0.3 is 19.9 Å². The van der Waals surface area contributed by atoms with Gasteiger partial charge in [0.15, 0.2) is 5.96 Å². The number of hydrogen-bond acceptors (Lipinski definition) is 3. The number of likely N-dealkylation sites (tertiary alicyclic amines) is 1. The van der Waals surface area contributed by atoms with Crippen molar-refractivity contribution in [3.63, 3.8) is 0 Å². The second-order valence-electron chi connectivity index (χ2n) is 7.90. The highest BCUT2D eigenvalue weighted by Gasteiger charge is 2.43. The summed E-state index contributed by atoms with van der Waals surface area (Å²) in [5.74, 6) is 0.950. The van der Waals surface area contributed by atoms with Crippen molar-refractivity contribution in [3.05, 3.63) is 0 Å². The number of carbonyl (C=O) groups is 1. The summed E-state index contributed by atoms with van der Waals surface area (Å²) >= 11 is 0. The fraction of sp³-hybridized carbons (Fsp3) is 0.882. The number of likely N-dealkylation sites (N-methyl/N-ethyl adjacent to an activating group) is 1. The second kappa shape index (κ2) is 6.97. The Morgan fingerprint density at radius 1 is 1.35 bits per heavy atom. The van der Waals surface area contributed by atoms with Gasteiger partial charge in [-0.3, -0.25) is 4.99 Å². The van der Waals surface area contributed by atoms with Gasteiger partial charge in [0, 0.05) is 40.3 Å². The summed E-state index contributed by atoms with van der Waals surface area (Å²) in [5.41, 5.74) is 0.104. The zero-order valence-corrected chi connectivity index (χ0v) is 15.3. The van der Waals surface area contributed by atoms with Crippen molar-refractivity contribution in [2.45, 2.75) is 52.1 Å². The molecule has 2 fully saturated rings. The molecule has 6 heteroatoms. The van der Waals surface area contributed by atoms with Crippen LogP contribution >= 0.6 is 0 Å². The Bertz CT molecular complexity index is 452. The van der Waals surface area contributed by atoms with Gasteiger partial charge in [-0.15, -0.1) is 0 Å². The van der Waals surface area contributed by atoms with Gasteiger partial charge in [0.1, 0.15) is 5.60 Å². The quantitative estimate of drug-likeness (QED) is 0.639. The van der Waals surface area contributed by atoms with Crippen LogP contribution in [0.15, 0.2) is 4.99 Å². The van der Waals surface area contributed by atoms with Gasteiger partial charge in [0.25, 0.3) is 0 Å². The number of ether oxygens (including phenoxy) is 1. The third kappa shape index (κ3) is 4.75. The van der Waals surface area contributed by atoms with Crippen molar-refractivity contribution in [2.75, 3.05) is 40.3 Å². The Labute approximate surface area is 140 Å². The molecule has 0 aromatic carbocycles. The summed E-state index contributed by atoms with van der Waals surface area (Å²) in [4.78, 5) is 20.3. The van der Waals surface area contributed by atoms with Crippen LogP contribution < -0.4 is 5.32 Å². The van der Waals surface area contributed by atoms with Gasteiger partial charge in [-0.2, -0.15) is 0 Å². The molecule has 1 N–H and O–H groups in total. The van der Waals surface area contributed by atoms with E-state index < -0.39 is 5.60 Å². The summed E-state index contributed by atoms with van der Waals surface area (Å²) in [7, 11) is 3.59. The van der Waals surface area contributed by atoms with Gasteiger partial charge in [-0.25, -0.2) is 4.79 Å². The van der Waals surface area contributed by atoms with Crippen LogP contribution in [0.3, 0.4) is 0 Å². The Morgan fingerprint density at radius 3 is 2.52 bits per heavy atom. The van der Waals surface area contributed by atoms with E-state index in [0.717, 1.165) is 19.0 Å². The molecule has 0 aromatic rings. The van der Waals surface area contributed by atoms with E-state index in [4.69, 9.17) is 4.74 Å². The Kier molecular flexibility index (Phi) is 5.42.